The second kappa shape index (κ2) is 8.77. The Kier molecular flexibility index (Phi) is 9.60. The normalized spacial score (nSPS) is 7.92. The van der Waals surface area contributed by atoms with Crippen LogP contribution >= 0.6 is 0 Å². The Morgan fingerprint density at radius 2 is 1.54 bits per heavy atom. The van der Waals surface area contributed by atoms with Gasteiger partial charge in [-0.05, 0) is 20.3 Å². The van der Waals surface area contributed by atoms with Gasteiger partial charge in [-0.2, -0.15) is 0 Å². The summed E-state index contributed by atoms with van der Waals surface area (Å²) in [4.78, 5) is 19.0. The summed E-state index contributed by atoms with van der Waals surface area (Å²) in [7, 11) is 0. The largest absolute Gasteiger partial charge is 0.481 e. The van der Waals surface area contributed by atoms with E-state index in [9.17, 15) is 4.79 Å². The third kappa shape index (κ3) is 36.7. The topological polar surface area (TPSA) is 74.6 Å². The predicted octanol–water partition coefficient (Wildman–Crippen LogP) is 1.91. The molecule has 0 radical (unpaired) electrons. The molecule has 0 saturated heterocycles. The number of carboxylic acids is 2. The monoisotopic (exact) mass is 188 g/mol. The van der Waals surface area contributed by atoms with Crippen molar-refractivity contribution < 1.29 is 19.8 Å². The minimum atomic E-state index is -0.833. The molecule has 0 unspecified atom stereocenters. The number of aliphatic carboxylic acids is 2. The summed E-state index contributed by atoms with van der Waals surface area (Å²) >= 11 is 0. The summed E-state index contributed by atoms with van der Waals surface area (Å²) in [5.74, 6) is -1.56. The summed E-state index contributed by atoms with van der Waals surface area (Å²) in [6, 6.07) is 0. The fraction of sp³-hybridized carbons (Fsp3) is 0.556. The highest BCUT2D eigenvalue weighted by molar-refractivity contribution is 5.66. The molecular formula is C9H16O4. The fourth-order valence-corrected chi connectivity index (χ4v) is 0.484. The van der Waals surface area contributed by atoms with E-state index in [1.165, 1.54) is 5.57 Å². The lowest BCUT2D eigenvalue weighted by molar-refractivity contribution is -0.137. The smallest absolute Gasteiger partial charge is 0.303 e. The van der Waals surface area contributed by atoms with Crippen molar-refractivity contribution in [2.45, 2.75) is 33.6 Å². The Balaban J connectivity index is 0. The van der Waals surface area contributed by atoms with E-state index < -0.39 is 11.9 Å². The molecule has 0 fully saturated rings. The standard InChI is InChI=1S/C7H12O2.C2H4O2/c1-6(2)4-3-5-7(8)9;1-2(3)4/h4H,3,5H2,1-2H3,(H,8,9);1H3,(H,3,4). The van der Waals surface area contributed by atoms with Gasteiger partial charge in [-0.15, -0.1) is 0 Å². The molecule has 13 heavy (non-hydrogen) atoms. The Morgan fingerprint density at radius 3 is 1.77 bits per heavy atom. The summed E-state index contributed by atoms with van der Waals surface area (Å²) in [6.45, 7) is 5.00. The van der Waals surface area contributed by atoms with Crippen molar-refractivity contribution in [2.24, 2.45) is 0 Å². The highest BCUT2D eigenvalue weighted by Crippen LogP contribution is 1.95. The first kappa shape index (κ1) is 14.2. The molecular weight excluding hydrogens is 172 g/mol. The van der Waals surface area contributed by atoms with Crippen molar-refractivity contribution in [1.82, 2.24) is 0 Å². The van der Waals surface area contributed by atoms with E-state index in [-0.39, 0.29) is 6.42 Å². The first-order valence-corrected chi connectivity index (χ1v) is 3.91. The first-order valence-electron chi connectivity index (χ1n) is 3.91. The van der Waals surface area contributed by atoms with E-state index in [1.54, 1.807) is 0 Å². The number of hydrogen-bond donors (Lipinski definition) is 2. The zero-order chi connectivity index (χ0) is 10.9. The minimum absolute atomic E-state index is 0.241. The van der Waals surface area contributed by atoms with E-state index in [0.717, 1.165) is 6.92 Å². The predicted molar refractivity (Wildman–Crippen MR) is 49.6 cm³/mol. The van der Waals surface area contributed by atoms with E-state index in [1.807, 2.05) is 19.9 Å². The van der Waals surface area contributed by atoms with Crippen LogP contribution in [0.2, 0.25) is 0 Å². The molecule has 0 aliphatic carbocycles. The van der Waals surface area contributed by atoms with Crippen molar-refractivity contribution in [1.29, 1.82) is 0 Å². The molecule has 4 heteroatoms. The molecule has 0 saturated carbocycles. The Morgan fingerprint density at radius 1 is 1.15 bits per heavy atom. The number of hydrogen-bond acceptors (Lipinski definition) is 2. The molecule has 4 nitrogen and oxygen atoms in total. The number of rotatable bonds is 3. The van der Waals surface area contributed by atoms with Gasteiger partial charge in [0.15, 0.2) is 0 Å². The van der Waals surface area contributed by atoms with Crippen molar-refractivity contribution in [2.75, 3.05) is 0 Å². The third-order valence-corrected chi connectivity index (χ3v) is 0.911. The van der Waals surface area contributed by atoms with Gasteiger partial charge in [0.2, 0.25) is 0 Å². The average molecular weight is 188 g/mol. The lowest BCUT2D eigenvalue weighted by atomic mass is 10.2. The Hall–Kier alpha value is -1.32. The van der Waals surface area contributed by atoms with Crippen LogP contribution in [0.1, 0.15) is 33.6 Å². The fourth-order valence-electron chi connectivity index (χ4n) is 0.484. The summed E-state index contributed by atoms with van der Waals surface area (Å²) < 4.78 is 0. The van der Waals surface area contributed by atoms with Crippen LogP contribution in [0.15, 0.2) is 11.6 Å². The van der Waals surface area contributed by atoms with Crippen LogP contribution in [-0.4, -0.2) is 22.2 Å². The number of carbonyl (C=O) groups is 2. The van der Waals surface area contributed by atoms with Gasteiger partial charge in [0.05, 0.1) is 0 Å². The molecule has 0 aromatic carbocycles. The Labute approximate surface area is 77.9 Å². The molecule has 0 amide bonds. The summed E-state index contributed by atoms with van der Waals surface area (Å²) in [6.07, 6.45) is 2.82. The number of allylic oxidation sites excluding steroid dienone is 2. The maximum atomic E-state index is 9.95. The second-order valence-corrected chi connectivity index (χ2v) is 2.73. The number of carboxylic acid groups (broad SMARTS) is 2. The van der Waals surface area contributed by atoms with Gasteiger partial charge in [-0.1, -0.05) is 11.6 Å². The average Bonchev–Trinajstić information content (AvgIpc) is 1.83. The van der Waals surface area contributed by atoms with Crippen LogP contribution in [0, 0.1) is 0 Å². The van der Waals surface area contributed by atoms with E-state index >= 15 is 0 Å². The highest BCUT2D eigenvalue weighted by atomic mass is 16.4. The lowest BCUT2D eigenvalue weighted by Crippen LogP contribution is -1.91. The second-order valence-electron chi connectivity index (χ2n) is 2.73. The molecule has 0 heterocycles. The first-order chi connectivity index (χ1) is 5.86. The third-order valence-electron chi connectivity index (χ3n) is 0.911. The molecule has 0 rings (SSSR count). The van der Waals surface area contributed by atoms with Crippen molar-refractivity contribution in [3.63, 3.8) is 0 Å². The molecule has 0 bridgehead atoms. The van der Waals surface area contributed by atoms with Gasteiger partial charge in [0.25, 0.3) is 5.97 Å². The molecule has 0 aliphatic rings. The maximum Gasteiger partial charge on any atom is 0.303 e. The van der Waals surface area contributed by atoms with Crippen LogP contribution in [0.3, 0.4) is 0 Å². The summed E-state index contributed by atoms with van der Waals surface area (Å²) in [5, 5.41) is 15.6. The van der Waals surface area contributed by atoms with Crippen LogP contribution in [0.4, 0.5) is 0 Å². The van der Waals surface area contributed by atoms with Gasteiger partial charge in [0.1, 0.15) is 0 Å². The molecule has 0 aromatic rings. The van der Waals surface area contributed by atoms with Crippen molar-refractivity contribution >= 4 is 11.9 Å². The molecule has 76 valence electrons. The molecule has 0 atom stereocenters. The lowest BCUT2D eigenvalue weighted by Gasteiger charge is -1.88. The molecule has 0 aromatic heterocycles. The summed E-state index contributed by atoms with van der Waals surface area (Å²) in [5.41, 5.74) is 1.18. The van der Waals surface area contributed by atoms with Gasteiger partial charge in [-0.3, -0.25) is 9.59 Å². The maximum absolute atomic E-state index is 9.95. The van der Waals surface area contributed by atoms with Crippen LogP contribution in [0.25, 0.3) is 0 Å². The molecule has 2 N–H and O–H groups in total. The quantitative estimate of drug-likeness (QED) is 0.663. The van der Waals surface area contributed by atoms with Gasteiger partial charge < -0.3 is 10.2 Å². The van der Waals surface area contributed by atoms with Crippen LogP contribution < -0.4 is 0 Å². The zero-order valence-corrected chi connectivity index (χ0v) is 8.20. The molecule has 0 aliphatic heterocycles. The van der Waals surface area contributed by atoms with E-state index in [0.29, 0.717) is 6.42 Å². The highest BCUT2D eigenvalue weighted by Gasteiger charge is 1.91. The van der Waals surface area contributed by atoms with Crippen LogP contribution in [-0.2, 0) is 9.59 Å². The van der Waals surface area contributed by atoms with Crippen molar-refractivity contribution in [3.05, 3.63) is 11.6 Å². The SMILES string of the molecule is CC(=O)O.CC(C)=CCCC(=O)O. The van der Waals surface area contributed by atoms with E-state index in [2.05, 4.69) is 0 Å². The van der Waals surface area contributed by atoms with Crippen molar-refractivity contribution in [3.8, 4) is 0 Å². The minimum Gasteiger partial charge on any atom is -0.481 e. The Bertz CT molecular complexity index is 186. The van der Waals surface area contributed by atoms with Crippen LogP contribution in [0.5, 0.6) is 0 Å². The van der Waals surface area contributed by atoms with Gasteiger partial charge in [-0.25, -0.2) is 0 Å². The zero-order valence-electron chi connectivity index (χ0n) is 8.20. The van der Waals surface area contributed by atoms with E-state index in [4.69, 9.17) is 15.0 Å². The van der Waals surface area contributed by atoms with Gasteiger partial charge in [0, 0.05) is 13.3 Å². The van der Waals surface area contributed by atoms with Gasteiger partial charge >= 0.3 is 5.97 Å². The molecule has 0 spiro atoms.